The highest BCUT2D eigenvalue weighted by Gasteiger charge is 2.19. The van der Waals surface area contributed by atoms with Gasteiger partial charge in [-0.05, 0) is 25.3 Å². The van der Waals surface area contributed by atoms with Gasteiger partial charge in [0.05, 0.1) is 6.10 Å². The normalized spacial score (nSPS) is 25.4. The summed E-state index contributed by atoms with van der Waals surface area (Å²) in [7, 11) is 0. The van der Waals surface area contributed by atoms with Gasteiger partial charge in [-0.3, -0.25) is 0 Å². The molecular weight excluding hydrogens is 162 g/mol. The summed E-state index contributed by atoms with van der Waals surface area (Å²) in [5.74, 6) is 0.824. The number of rotatable bonds is 4. The minimum Gasteiger partial charge on any atom is -0.392 e. The Bertz CT molecular complexity index is 134. The molecule has 1 fully saturated rings. The van der Waals surface area contributed by atoms with Crippen molar-refractivity contribution >= 4 is 0 Å². The van der Waals surface area contributed by atoms with Crippen LogP contribution in [0.1, 0.15) is 39.5 Å². The van der Waals surface area contributed by atoms with Crippen LogP contribution in [0.4, 0.5) is 0 Å². The van der Waals surface area contributed by atoms with Crippen molar-refractivity contribution in [3.05, 3.63) is 0 Å². The largest absolute Gasteiger partial charge is 0.392 e. The standard InChI is InChI=1S/C11H23NO/c1-3-10(4-2)8-12-7-5-6-11(13)9-12/h10-11,13H,3-9H2,1-2H3/t11-/m0/s1. The smallest absolute Gasteiger partial charge is 0.0667 e. The number of likely N-dealkylation sites (tertiary alicyclic amines) is 1. The van der Waals surface area contributed by atoms with Gasteiger partial charge in [0.2, 0.25) is 0 Å². The molecule has 0 spiro atoms. The first-order chi connectivity index (χ1) is 6.26. The van der Waals surface area contributed by atoms with Gasteiger partial charge >= 0.3 is 0 Å². The van der Waals surface area contributed by atoms with E-state index >= 15 is 0 Å². The van der Waals surface area contributed by atoms with E-state index in [1.807, 2.05) is 0 Å². The predicted octanol–water partition coefficient (Wildman–Crippen LogP) is 1.88. The molecule has 0 aromatic carbocycles. The Kier molecular flexibility index (Phi) is 4.74. The van der Waals surface area contributed by atoms with Crippen LogP contribution in [0.5, 0.6) is 0 Å². The molecular formula is C11H23NO. The number of hydrogen-bond donors (Lipinski definition) is 1. The van der Waals surface area contributed by atoms with E-state index in [1.54, 1.807) is 0 Å². The molecule has 2 heteroatoms. The third-order valence-corrected chi connectivity index (χ3v) is 3.15. The number of aliphatic hydroxyl groups is 1. The molecule has 78 valence electrons. The van der Waals surface area contributed by atoms with E-state index in [0.717, 1.165) is 18.9 Å². The average Bonchev–Trinajstić information content (AvgIpc) is 2.14. The van der Waals surface area contributed by atoms with E-state index in [2.05, 4.69) is 18.7 Å². The maximum Gasteiger partial charge on any atom is 0.0667 e. The summed E-state index contributed by atoms with van der Waals surface area (Å²) in [6.45, 7) is 7.79. The van der Waals surface area contributed by atoms with E-state index in [1.165, 1.54) is 32.4 Å². The fraction of sp³-hybridized carbons (Fsp3) is 1.00. The molecule has 2 nitrogen and oxygen atoms in total. The number of hydrogen-bond acceptors (Lipinski definition) is 2. The van der Waals surface area contributed by atoms with E-state index < -0.39 is 0 Å². The van der Waals surface area contributed by atoms with Crippen LogP contribution in [-0.4, -0.2) is 35.7 Å². The molecule has 13 heavy (non-hydrogen) atoms. The summed E-state index contributed by atoms with van der Waals surface area (Å²) in [6.07, 6.45) is 4.63. The van der Waals surface area contributed by atoms with Gasteiger partial charge in [0.1, 0.15) is 0 Å². The maximum absolute atomic E-state index is 9.50. The number of β-amino-alcohol motifs (C(OH)–C–C–N with tert-alkyl or cyclic N) is 1. The second kappa shape index (κ2) is 5.61. The minimum atomic E-state index is -0.0666. The van der Waals surface area contributed by atoms with Crippen LogP contribution in [0.25, 0.3) is 0 Å². The van der Waals surface area contributed by atoms with Crippen molar-refractivity contribution in [3.8, 4) is 0 Å². The van der Waals surface area contributed by atoms with E-state index in [9.17, 15) is 5.11 Å². The highest BCUT2D eigenvalue weighted by Crippen LogP contribution is 2.15. The molecule has 0 aromatic heterocycles. The molecule has 1 saturated heterocycles. The van der Waals surface area contributed by atoms with E-state index in [-0.39, 0.29) is 6.10 Å². The van der Waals surface area contributed by atoms with Gasteiger partial charge in [-0.2, -0.15) is 0 Å². The molecule has 1 heterocycles. The van der Waals surface area contributed by atoms with Gasteiger partial charge in [0, 0.05) is 13.1 Å². The van der Waals surface area contributed by atoms with Crippen molar-refractivity contribution in [2.75, 3.05) is 19.6 Å². The highest BCUT2D eigenvalue weighted by molar-refractivity contribution is 4.73. The Morgan fingerprint density at radius 2 is 2.08 bits per heavy atom. The molecule has 0 bridgehead atoms. The minimum absolute atomic E-state index is 0.0666. The van der Waals surface area contributed by atoms with Crippen LogP contribution in [0, 0.1) is 5.92 Å². The molecule has 1 rings (SSSR count). The lowest BCUT2D eigenvalue weighted by molar-refractivity contribution is 0.0613. The maximum atomic E-state index is 9.50. The molecule has 0 aromatic rings. The SMILES string of the molecule is CCC(CC)CN1CCC[C@H](O)C1. The third kappa shape index (κ3) is 3.65. The molecule has 0 radical (unpaired) electrons. The van der Waals surface area contributed by atoms with Crippen molar-refractivity contribution in [2.24, 2.45) is 5.92 Å². The monoisotopic (exact) mass is 185 g/mol. The molecule has 0 unspecified atom stereocenters. The lowest BCUT2D eigenvalue weighted by Crippen LogP contribution is -2.40. The summed E-state index contributed by atoms with van der Waals surface area (Å²) < 4.78 is 0. The quantitative estimate of drug-likeness (QED) is 0.723. The van der Waals surface area contributed by atoms with E-state index in [4.69, 9.17) is 0 Å². The summed E-state index contributed by atoms with van der Waals surface area (Å²) in [5, 5.41) is 9.50. The fourth-order valence-corrected chi connectivity index (χ4v) is 2.11. The number of piperidine rings is 1. The average molecular weight is 185 g/mol. The molecule has 0 amide bonds. The van der Waals surface area contributed by atoms with Crippen molar-refractivity contribution in [1.82, 2.24) is 4.90 Å². The number of nitrogens with zero attached hydrogens (tertiary/aromatic N) is 1. The molecule has 0 aliphatic carbocycles. The summed E-state index contributed by atoms with van der Waals surface area (Å²) in [6, 6.07) is 0. The van der Waals surface area contributed by atoms with Gasteiger partial charge in [-0.15, -0.1) is 0 Å². The van der Waals surface area contributed by atoms with Crippen molar-refractivity contribution in [3.63, 3.8) is 0 Å². The first-order valence-corrected chi connectivity index (χ1v) is 5.66. The van der Waals surface area contributed by atoms with Gasteiger partial charge < -0.3 is 10.0 Å². The summed E-state index contributed by atoms with van der Waals surface area (Å²) >= 11 is 0. The molecule has 1 N–H and O–H groups in total. The van der Waals surface area contributed by atoms with Gasteiger partial charge in [-0.25, -0.2) is 0 Å². The third-order valence-electron chi connectivity index (χ3n) is 3.15. The second-order valence-corrected chi connectivity index (χ2v) is 4.24. The predicted molar refractivity (Wildman–Crippen MR) is 55.8 cm³/mol. The fourth-order valence-electron chi connectivity index (χ4n) is 2.11. The Labute approximate surface area is 81.9 Å². The Morgan fingerprint density at radius 1 is 1.38 bits per heavy atom. The summed E-state index contributed by atoms with van der Waals surface area (Å²) in [5.41, 5.74) is 0. The van der Waals surface area contributed by atoms with Gasteiger partial charge in [-0.1, -0.05) is 26.7 Å². The van der Waals surface area contributed by atoms with Crippen molar-refractivity contribution in [1.29, 1.82) is 0 Å². The molecule has 0 saturated carbocycles. The van der Waals surface area contributed by atoms with Crippen LogP contribution in [0.15, 0.2) is 0 Å². The molecule has 1 atom stereocenters. The van der Waals surface area contributed by atoms with Crippen LogP contribution >= 0.6 is 0 Å². The zero-order valence-corrected chi connectivity index (χ0v) is 9.00. The van der Waals surface area contributed by atoms with E-state index in [0.29, 0.717) is 0 Å². The Hall–Kier alpha value is -0.0800. The topological polar surface area (TPSA) is 23.5 Å². The first-order valence-electron chi connectivity index (χ1n) is 5.66. The van der Waals surface area contributed by atoms with Crippen LogP contribution < -0.4 is 0 Å². The molecule has 1 aliphatic heterocycles. The lowest BCUT2D eigenvalue weighted by Gasteiger charge is -2.32. The van der Waals surface area contributed by atoms with Gasteiger partial charge in [0.15, 0.2) is 0 Å². The Morgan fingerprint density at radius 3 is 2.62 bits per heavy atom. The lowest BCUT2D eigenvalue weighted by atomic mass is 10.0. The van der Waals surface area contributed by atoms with Crippen LogP contribution in [-0.2, 0) is 0 Å². The number of aliphatic hydroxyl groups excluding tert-OH is 1. The van der Waals surface area contributed by atoms with Crippen molar-refractivity contribution < 1.29 is 5.11 Å². The second-order valence-electron chi connectivity index (χ2n) is 4.24. The first kappa shape index (κ1) is 11.0. The Balaban J connectivity index is 2.26. The zero-order chi connectivity index (χ0) is 9.68. The summed E-state index contributed by atoms with van der Waals surface area (Å²) in [4.78, 5) is 2.42. The van der Waals surface area contributed by atoms with Gasteiger partial charge in [0.25, 0.3) is 0 Å². The molecule has 1 aliphatic rings. The van der Waals surface area contributed by atoms with Crippen LogP contribution in [0.3, 0.4) is 0 Å². The van der Waals surface area contributed by atoms with Crippen molar-refractivity contribution in [2.45, 2.75) is 45.6 Å². The van der Waals surface area contributed by atoms with Crippen LogP contribution in [0.2, 0.25) is 0 Å². The zero-order valence-electron chi connectivity index (χ0n) is 9.00. The highest BCUT2D eigenvalue weighted by atomic mass is 16.3.